The molecule has 0 bridgehead atoms. The van der Waals surface area contributed by atoms with Gasteiger partial charge in [0.05, 0.1) is 20.3 Å². The number of hydrogen-bond donors (Lipinski definition) is 2. The first kappa shape index (κ1) is 21.9. The number of benzene rings is 3. The minimum atomic E-state index is -0.0676. The second-order valence-corrected chi connectivity index (χ2v) is 8.13. The summed E-state index contributed by atoms with van der Waals surface area (Å²) in [4.78, 5) is 13.2. The fraction of sp³-hybridized carbons (Fsp3) is 0.296. The molecule has 0 aromatic heterocycles. The van der Waals surface area contributed by atoms with E-state index in [1.54, 1.807) is 14.2 Å². The Morgan fingerprint density at radius 3 is 2.47 bits per heavy atom. The summed E-state index contributed by atoms with van der Waals surface area (Å²) in [6.45, 7) is 2.89. The highest BCUT2D eigenvalue weighted by molar-refractivity contribution is 5.96. The number of ether oxygens (including phenoxy) is 2. The van der Waals surface area contributed by atoms with E-state index in [2.05, 4.69) is 22.8 Å². The smallest absolute Gasteiger partial charge is 0.252 e. The summed E-state index contributed by atoms with van der Waals surface area (Å²) in [7, 11) is 3.32. The van der Waals surface area contributed by atoms with Gasteiger partial charge < -0.3 is 20.1 Å². The van der Waals surface area contributed by atoms with Gasteiger partial charge in [-0.15, -0.1) is 0 Å². The van der Waals surface area contributed by atoms with Crippen molar-refractivity contribution in [2.24, 2.45) is 0 Å². The molecule has 0 fully saturated rings. The summed E-state index contributed by atoms with van der Waals surface area (Å²) < 4.78 is 11.0. The van der Waals surface area contributed by atoms with Crippen LogP contribution in [-0.2, 0) is 12.8 Å². The third kappa shape index (κ3) is 4.63. The van der Waals surface area contributed by atoms with E-state index < -0.39 is 0 Å². The number of rotatable bonds is 7. The molecule has 3 aromatic carbocycles. The molecule has 0 spiro atoms. The van der Waals surface area contributed by atoms with Crippen LogP contribution in [-0.4, -0.2) is 26.7 Å². The van der Waals surface area contributed by atoms with Crippen LogP contribution in [0, 0.1) is 0 Å². The summed E-state index contributed by atoms with van der Waals surface area (Å²) in [5, 5.41) is 6.76. The lowest BCUT2D eigenvalue weighted by molar-refractivity contribution is 0.0938. The molecule has 5 nitrogen and oxygen atoms in total. The van der Waals surface area contributed by atoms with Crippen molar-refractivity contribution in [3.63, 3.8) is 0 Å². The Labute approximate surface area is 189 Å². The highest BCUT2D eigenvalue weighted by atomic mass is 16.5. The zero-order valence-corrected chi connectivity index (χ0v) is 18.9. The normalized spacial score (nSPS) is 16.0. The molecule has 1 heterocycles. The van der Waals surface area contributed by atoms with Crippen LogP contribution in [0.5, 0.6) is 11.5 Å². The molecule has 5 heteroatoms. The zero-order valence-electron chi connectivity index (χ0n) is 18.9. The Bertz CT molecular complexity index is 1080. The Morgan fingerprint density at radius 2 is 1.72 bits per heavy atom. The molecule has 0 radical (unpaired) electrons. The number of hydrogen-bond acceptors (Lipinski definition) is 4. The number of fused-ring (bicyclic) bond motifs is 1. The van der Waals surface area contributed by atoms with Crippen LogP contribution >= 0.6 is 0 Å². The second kappa shape index (κ2) is 9.88. The molecule has 4 rings (SSSR count). The third-order valence-electron chi connectivity index (χ3n) is 6.14. The highest BCUT2D eigenvalue weighted by Crippen LogP contribution is 2.36. The molecule has 1 aliphatic rings. The van der Waals surface area contributed by atoms with E-state index in [-0.39, 0.29) is 18.0 Å². The van der Waals surface area contributed by atoms with Gasteiger partial charge in [0.25, 0.3) is 5.91 Å². The van der Waals surface area contributed by atoms with Crippen molar-refractivity contribution >= 4 is 5.91 Å². The first-order chi connectivity index (χ1) is 15.6. The lowest BCUT2D eigenvalue weighted by atomic mass is 9.88. The lowest BCUT2D eigenvalue weighted by Crippen LogP contribution is -2.32. The highest BCUT2D eigenvalue weighted by Gasteiger charge is 2.24. The van der Waals surface area contributed by atoms with Gasteiger partial charge in [-0.1, -0.05) is 48.5 Å². The van der Waals surface area contributed by atoms with Crippen LogP contribution in [0.3, 0.4) is 0 Å². The van der Waals surface area contributed by atoms with E-state index in [4.69, 9.17) is 9.47 Å². The van der Waals surface area contributed by atoms with Crippen LogP contribution in [0.25, 0.3) is 0 Å². The molecule has 0 aliphatic carbocycles. The Morgan fingerprint density at radius 1 is 1.03 bits per heavy atom. The van der Waals surface area contributed by atoms with Crippen LogP contribution in [0.15, 0.2) is 66.7 Å². The van der Waals surface area contributed by atoms with Crippen molar-refractivity contribution in [1.82, 2.24) is 10.6 Å². The van der Waals surface area contributed by atoms with Gasteiger partial charge in [-0.05, 0) is 66.8 Å². The maximum atomic E-state index is 13.2. The van der Waals surface area contributed by atoms with Crippen molar-refractivity contribution in [2.75, 3.05) is 20.8 Å². The summed E-state index contributed by atoms with van der Waals surface area (Å²) in [6.07, 6.45) is 1.65. The zero-order chi connectivity index (χ0) is 22.5. The molecule has 0 unspecified atom stereocenters. The van der Waals surface area contributed by atoms with Crippen molar-refractivity contribution in [3.05, 3.63) is 94.5 Å². The average Bonchev–Trinajstić information content (AvgIpc) is 2.84. The lowest BCUT2D eigenvalue weighted by Gasteiger charge is -2.29. The molecule has 2 atom stereocenters. The van der Waals surface area contributed by atoms with Crippen molar-refractivity contribution in [3.8, 4) is 11.5 Å². The summed E-state index contributed by atoms with van der Waals surface area (Å²) >= 11 is 0. The number of carbonyl (C=O) groups is 1. The number of methoxy groups -OCH3 is 2. The molecule has 1 amide bonds. The van der Waals surface area contributed by atoms with Gasteiger partial charge in [-0.3, -0.25) is 4.79 Å². The van der Waals surface area contributed by atoms with Gasteiger partial charge in [0.2, 0.25) is 0 Å². The predicted octanol–water partition coefficient (Wildman–Crippen LogP) is 4.62. The fourth-order valence-electron chi connectivity index (χ4n) is 4.39. The molecule has 2 N–H and O–H groups in total. The van der Waals surface area contributed by atoms with Gasteiger partial charge >= 0.3 is 0 Å². The first-order valence-corrected chi connectivity index (χ1v) is 11.0. The van der Waals surface area contributed by atoms with E-state index in [1.807, 2.05) is 61.5 Å². The topological polar surface area (TPSA) is 59.6 Å². The average molecular weight is 431 g/mol. The SMILES string of the molecule is COc1cc2c(cc1OC)[C@H](Cc1ccccc1C(=O)N[C@@H](C)c1ccccc1)NCC2. The Hall–Kier alpha value is -3.31. The van der Waals surface area contributed by atoms with Gasteiger partial charge in [-0.25, -0.2) is 0 Å². The molecule has 1 aliphatic heterocycles. The van der Waals surface area contributed by atoms with Gasteiger partial charge in [0.1, 0.15) is 0 Å². The van der Waals surface area contributed by atoms with Gasteiger partial charge in [0.15, 0.2) is 11.5 Å². The van der Waals surface area contributed by atoms with E-state index in [0.717, 1.165) is 35.6 Å². The van der Waals surface area contributed by atoms with Crippen molar-refractivity contribution < 1.29 is 14.3 Å². The molecule has 3 aromatic rings. The molecular formula is C27H30N2O3. The summed E-state index contributed by atoms with van der Waals surface area (Å²) in [6, 6.07) is 22.0. The number of nitrogens with one attached hydrogen (secondary N) is 2. The number of amides is 1. The molecule has 32 heavy (non-hydrogen) atoms. The maximum Gasteiger partial charge on any atom is 0.252 e. The predicted molar refractivity (Wildman–Crippen MR) is 126 cm³/mol. The van der Waals surface area contributed by atoms with E-state index in [9.17, 15) is 4.79 Å². The minimum absolute atomic E-state index is 0.0553. The van der Waals surface area contributed by atoms with E-state index in [0.29, 0.717) is 12.0 Å². The molecule has 166 valence electrons. The molecule has 0 saturated heterocycles. The quantitative estimate of drug-likeness (QED) is 0.574. The van der Waals surface area contributed by atoms with E-state index >= 15 is 0 Å². The monoisotopic (exact) mass is 430 g/mol. The van der Waals surface area contributed by atoms with Gasteiger partial charge in [-0.2, -0.15) is 0 Å². The molecular weight excluding hydrogens is 400 g/mol. The van der Waals surface area contributed by atoms with Crippen LogP contribution in [0.1, 0.15) is 51.6 Å². The minimum Gasteiger partial charge on any atom is -0.493 e. The maximum absolute atomic E-state index is 13.2. The summed E-state index contributed by atoms with van der Waals surface area (Å²) in [5.41, 5.74) is 5.27. The standard InChI is InChI=1S/C27H30N2O3/c1-18(19-9-5-4-6-10-19)29-27(30)22-12-8-7-11-20(22)15-24-23-17-26(32-3)25(31-2)16-21(23)13-14-28-24/h4-12,16-18,24,28H,13-15H2,1-3H3,(H,29,30)/t18-,24-/m0/s1. The van der Waals surface area contributed by atoms with E-state index in [1.165, 1.54) is 11.1 Å². The number of carbonyl (C=O) groups excluding carboxylic acids is 1. The Balaban J connectivity index is 1.57. The Kier molecular flexibility index (Phi) is 6.76. The summed E-state index contributed by atoms with van der Waals surface area (Å²) in [5.74, 6) is 1.42. The molecule has 0 saturated carbocycles. The first-order valence-electron chi connectivity index (χ1n) is 11.0. The third-order valence-corrected chi connectivity index (χ3v) is 6.14. The van der Waals surface area contributed by atoms with Crippen molar-refractivity contribution in [2.45, 2.75) is 31.8 Å². The van der Waals surface area contributed by atoms with Crippen LogP contribution in [0.2, 0.25) is 0 Å². The van der Waals surface area contributed by atoms with Gasteiger partial charge in [0, 0.05) is 11.6 Å². The van der Waals surface area contributed by atoms with Crippen LogP contribution in [0.4, 0.5) is 0 Å². The van der Waals surface area contributed by atoms with Crippen LogP contribution < -0.4 is 20.1 Å². The largest absolute Gasteiger partial charge is 0.493 e. The fourth-order valence-corrected chi connectivity index (χ4v) is 4.39. The van der Waals surface area contributed by atoms with Crippen molar-refractivity contribution in [1.29, 1.82) is 0 Å². The second-order valence-electron chi connectivity index (χ2n) is 8.13.